The lowest BCUT2D eigenvalue weighted by molar-refractivity contribution is -0.305. The number of anilines is 1. The normalized spacial score (nSPS) is 20.1. The molecule has 0 spiro atoms. The first-order valence-electron chi connectivity index (χ1n) is 15.3. The quantitative estimate of drug-likeness (QED) is 0.0859. The average molecular weight is 697 g/mol. The van der Waals surface area contributed by atoms with E-state index in [-0.39, 0.29) is 38.7 Å². The molecular formula is C35H37ClN2O11. The number of methoxy groups -OCH3 is 1. The Morgan fingerprint density at radius 1 is 1.12 bits per heavy atom. The van der Waals surface area contributed by atoms with Gasteiger partial charge in [0, 0.05) is 18.4 Å². The molecule has 0 aliphatic carbocycles. The monoisotopic (exact) mass is 696 g/mol. The predicted octanol–water partition coefficient (Wildman–Crippen LogP) is 5.37. The summed E-state index contributed by atoms with van der Waals surface area (Å²) in [6.45, 7) is 8.92. The Bertz CT molecular complexity index is 1990. The standard InChI is InChI=1S/C35H37ClN2O11/c1-16(2)7-9-18-15-19(10-13-22(18)39)31(42)38-25-26(40)20-11-14-23(24(36)28(20)47-33(25)44)46-34-27(41)29(30(45-6)35(4,5)49-34)48-32(43)21-12-8-17(3)37-21/h7-8,10-15,27,29-30,34,37,39-41H,9H2,1-6H3,(H,38,42)/t27?,29?,30-,34+/m0/s1. The van der Waals surface area contributed by atoms with Crippen LogP contribution in [-0.4, -0.2) is 69.5 Å². The van der Waals surface area contributed by atoms with Crippen LogP contribution < -0.4 is 15.7 Å². The smallest absolute Gasteiger partial charge is 0.364 e. The number of benzene rings is 2. The third kappa shape index (κ3) is 7.30. The molecule has 260 valence electrons. The minimum atomic E-state index is -1.56. The van der Waals surface area contributed by atoms with Crippen LogP contribution in [0.15, 0.2) is 63.3 Å². The predicted molar refractivity (Wildman–Crippen MR) is 179 cm³/mol. The Balaban J connectivity index is 1.40. The number of esters is 1. The second kappa shape index (κ2) is 14.0. The topological polar surface area (TPSA) is 190 Å². The molecule has 5 N–H and O–H groups in total. The number of ether oxygens (including phenoxy) is 4. The lowest BCUT2D eigenvalue weighted by Crippen LogP contribution is -2.65. The molecule has 1 amide bonds. The highest BCUT2D eigenvalue weighted by Crippen LogP contribution is 2.41. The molecule has 4 aromatic rings. The molecular weight excluding hydrogens is 660 g/mol. The summed E-state index contributed by atoms with van der Waals surface area (Å²) >= 11 is 6.58. The van der Waals surface area contributed by atoms with Crippen LogP contribution in [0.25, 0.3) is 11.0 Å². The van der Waals surface area contributed by atoms with Crippen molar-refractivity contribution in [1.29, 1.82) is 0 Å². The molecule has 14 heteroatoms. The Hall–Kier alpha value is -4.82. The number of H-pyrrole nitrogens is 1. The van der Waals surface area contributed by atoms with Crippen molar-refractivity contribution >= 4 is 40.1 Å². The summed E-state index contributed by atoms with van der Waals surface area (Å²) in [4.78, 5) is 41.9. The molecule has 1 saturated heterocycles. The first-order chi connectivity index (χ1) is 23.1. The number of aromatic amines is 1. The molecule has 5 rings (SSSR count). The number of allylic oxidation sites excluding steroid dienone is 2. The maximum atomic E-state index is 13.1. The van der Waals surface area contributed by atoms with E-state index in [0.717, 1.165) is 11.3 Å². The van der Waals surface area contributed by atoms with E-state index in [1.54, 1.807) is 32.9 Å². The highest BCUT2D eigenvalue weighted by molar-refractivity contribution is 6.36. The van der Waals surface area contributed by atoms with Crippen molar-refractivity contribution in [2.45, 2.75) is 71.2 Å². The highest BCUT2D eigenvalue weighted by atomic mass is 35.5. The summed E-state index contributed by atoms with van der Waals surface area (Å²) in [5.41, 5.74) is -0.464. The zero-order chi connectivity index (χ0) is 35.8. The Morgan fingerprint density at radius 2 is 1.86 bits per heavy atom. The molecule has 0 radical (unpaired) electrons. The van der Waals surface area contributed by atoms with Gasteiger partial charge in [0.15, 0.2) is 29.2 Å². The van der Waals surface area contributed by atoms with Gasteiger partial charge in [0.25, 0.3) is 5.91 Å². The van der Waals surface area contributed by atoms with Gasteiger partial charge < -0.3 is 49.0 Å². The molecule has 1 aliphatic heterocycles. The van der Waals surface area contributed by atoms with Crippen molar-refractivity contribution in [2.24, 2.45) is 0 Å². The fourth-order valence-corrected chi connectivity index (χ4v) is 5.78. The molecule has 1 aliphatic rings. The fraction of sp³-hybridized carbons (Fsp3) is 0.343. The zero-order valence-corrected chi connectivity index (χ0v) is 28.4. The number of amides is 1. The highest BCUT2D eigenvalue weighted by Gasteiger charge is 2.53. The van der Waals surface area contributed by atoms with Crippen LogP contribution in [0.5, 0.6) is 17.2 Å². The van der Waals surface area contributed by atoms with Crippen molar-refractivity contribution in [3.8, 4) is 17.2 Å². The minimum Gasteiger partial charge on any atom is -0.508 e. The summed E-state index contributed by atoms with van der Waals surface area (Å²) < 4.78 is 28.6. The van der Waals surface area contributed by atoms with Crippen molar-refractivity contribution < 1.29 is 48.3 Å². The van der Waals surface area contributed by atoms with Crippen LogP contribution in [0, 0.1) is 6.92 Å². The molecule has 49 heavy (non-hydrogen) atoms. The number of nitrogens with one attached hydrogen (secondary N) is 2. The van der Waals surface area contributed by atoms with Crippen molar-refractivity contribution in [2.75, 3.05) is 12.4 Å². The molecule has 4 atom stereocenters. The van der Waals surface area contributed by atoms with E-state index in [9.17, 15) is 29.7 Å². The van der Waals surface area contributed by atoms with Gasteiger partial charge in [-0.25, -0.2) is 9.59 Å². The number of phenolic OH excluding ortho intramolecular Hbond substituents is 1. The van der Waals surface area contributed by atoms with Gasteiger partial charge in [0.2, 0.25) is 6.29 Å². The number of aromatic nitrogens is 1. The number of aliphatic hydroxyl groups is 1. The Kier molecular flexibility index (Phi) is 10.1. The average Bonchev–Trinajstić information content (AvgIpc) is 3.48. The van der Waals surface area contributed by atoms with E-state index >= 15 is 0 Å². The van der Waals surface area contributed by atoms with Gasteiger partial charge in [-0.3, -0.25) is 4.79 Å². The van der Waals surface area contributed by atoms with E-state index in [0.29, 0.717) is 12.0 Å². The number of hydrogen-bond acceptors (Lipinski definition) is 11. The Morgan fingerprint density at radius 3 is 2.51 bits per heavy atom. The maximum Gasteiger partial charge on any atom is 0.364 e. The number of fused-ring (bicyclic) bond motifs is 1. The number of halogens is 1. The number of carbonyl (C=O) groups is 2. The second-order valence-corrected chi connectivity index (χ2v) is 12.8. The molecule has 0 saturated carbocycles. The molecule has 2 aromatic heterocycles. The largest absolute Gasteiger partial charge is 0.508 e. The van der Waals surface area contributed by atoms with E-state index in [2.05, 4.69) is 10.3 Å². The number of phenols is 1. The van der Waals surface area contributed by atoms with Crippen LogP contribution in [0.1, 0.15) is 59.8 Å². The lowest BCUT2D eigenvalue weighted by Gasteiger charge is -2.47. The number of carbonyl (C=O) groups excluding carboxylic acids is 2. The van der Waals surface area contributed by atoms with E-state index in [1.807, 2.05) is 19.9 Å². The van der Waals surface area contributed by atoms with Gasteiger partial charge in [-0.05, 0) is 89.1 Å². The number of aliphatic hydroxyl groups excluding tert-OH is 1. The maximum absolute atomic E-state index is 13.1. The summed E-state index contributed by atoms with van der Waals surface area (Å²) in [7, 11) is 1.39. The zero-order valence-electron chi connectivity index (χ0n) is 27.6. The van der Waals surface area contributed by atoms with Crippen LogP contribution >= 0.6 is 11.6 Å². The third-order valence-corrected chi connectivity index (χ3v) is 8.43. The van der Waals surface area contributed by atoms with Gasteiger partial charge in [0.1, 0.15) is 28.3 Å². The molecule has 13 nitrogen and oxygen atoms in total. The number of aryl methyl sites for hydroxylation is 1. The second-order valence-electron chi connectivity index (χ2n) is 12.4. The van der Waals surface area contributed by atoms with Crippen LogP contribution in [0.4, 0.5) is 5.69 Å². The van der Waals surface area contributed by atoms with Crippen LogP contribution in [-0.2, 0) is 20.6 Å². The first kappa shape index (κ1) is 35.5. The molecule has 1 fully saturated rings. The lowest BCUT2D eigenvalue weighted by atomic mass is 9.89. The fourth-order valence-electron chi connectivity index (χ4n) is 5.53. The van der Waals surface area contributed by atoms with E-state index in [1.165, 1.54) is 37.4 Å². The molecule has 2 unspecified atom stereocenters. The number of hydrogen-bond donors (Lipinski definition) is 5. The van der Waals surface area contributed by atoms with Crippen molar-refractivity contribution in [3.05, 3.63) is 92.1 Å². The van der Waals surface area contributed by atoms with Gasteiger partial charge in [-0.2, -0.15) is 0 Å². The van der Waals surface area contributed by atoms with Gasteiger partial charge in [-0.1, -0.05) is 23.3 Å². The summed E-state index contributed by atoms with van der Waals surface area (Å²) in [6, 6.07) is 10.2. The summed E-state index contributed by atoms with van der Waals surface area (Å²) in [5, 5.41) is 34.6. The van der Waals surface area contributed by atoms with E-state index in [4.69, 9.17) is 35.0 Å². The van der Waals surface area contributed by atoms with E-state index < -0.39 is 59.1 Å². The van der Waals surface area contributed by atoms with Crippen molar-refractivity contribution in [1.82, 2.24) is 4.98 Å². The van der Waals surface area contributed by atoms with Gasteiger partial charge in [0.05, 0.1) is 11.0 Å². The van der Waals surface area contributed by atoms with Crippen LogP contribution in [0.3, 0.4) is 0 Å². The first-order valence-corrected chi connectivity index (χ1v) is 15.7. The number of rotatable bonds is 9. The molecule has 3 heterocycles. The van der Waals surface area contributed by atoms with Gasteiger partial charge in [-0.15, -0.1) is 0 Å². The third-order valence-electron chi connectivity index (χ3n) is 8.07. The van der Waals surface area contributed by atoms with Crippen LogP contribution in [0.2, 0.25) is 5.02 Å². The molecule has 2 aromatic carbocycles. The minimum absolute atomic E-state index is 0.00573. The molecule has 0 bridgehead atoms. The number of aromatic hydroxyl groups is 2. The SMILES string of the molecule is CO[C@H]1C(OC(=O)c2ccc(C)[nH]2)C(O)[C@H](Oc2ccc3c(O)c(NC(=O)c4ccc(O)c(CC=C(C)C)c4)c(=O)oc3c2Cl)OC1(C)C. The Labute approximate surface area is 286 Å². The summed E-state index contributed by atoms with van der Waals surface area (Å²) in [6.07, 6.45) is -2.87. The van der Waals surface area contributed by atoms with Gasteiger partial charge >= 0.3 is 11.6 Å². The van der Waals surface area contributed by atoms with Crippen molar-refractivity contribution in [3.63, 3.8) is 0 Å². The summed E-state index contributed by atoms with van der Waals surface area (Å²) in [5.74, 6) is -2.16.